The zero-order valence-electron chi connectivity index (χ0n) is 11.1. The SMILES string of the molecule is COC(C)(C(N)=O)c1cccc(-c2ccccc2)c1. The third-order valence-corrected chi connectivity index (χ3v) is 3.40. The van der Waals surface area contributed by atoms with Crippen LogP contribution >= 0.6 is 0 Å². The molecule has 0 heterocycles. The number of amides is 1. The van der Waals surface area contributed by atoms with Crippen LogP contribution in [0, 0.1) is 0 Å². The minimum Gasteiger partial charge on any atom is -0.367 e. The summed E-state index contributed by atoms with van der Waals surface area (Å²) in [6.07, 6.45) is 0. The Labute approximate surface area is 113 Å². The molecule has 2 aromatic carbocycles. The second-order valence-corrected chi connectivity index (χ2v) is 4.55. The second-order valence-electron chi connectivity index (χ2n) is 4.55. The lowest BCUT2D eigenvalue weighted by molar-refractivity contribution is -0.139. The molecule has 0 aliphatic rings. The summed E-state index contributed by atoms with van der Waals surface area (Å²) in [6.45, 7) is 1.68. The van der Waals surface area contributed by atoms with Crippen molar-refractivity contribution in [1.29, 1.82) is 0 Å². The molecule has 1 atom stereocenters. The Balaban J connectivity index is 2.48. The molecular formula is C16H17NO2. The molecule has 0 radical (unpaired) electrons. The fourth-order valence-corrected chi connectivity index (χ4v) is 1.99. The fourth-order valence-electron chi connectivity index (χ4n) is 1.99. The van der Waals surface area contributed by atoms with Crippen LogP contribution in [-0.4, -0.2) is 13.0 Å². The van der Waals surface area contributed by atoms with Crippen molar-refractivity contribution in [3.8, 4) is 11.1 Å². The summed E-state index contributed by atoms with van der Waals surface area (Å²) in [6, 6.07) is 17.6. The van der Waals surface area contributed by atoms with Crippen molar-refractivity contribution in [3.63, 3.8) is 0 Å². The van der Waals surface area contributed by atoms with E-state index in [0.29, 0.717) is 0 Å². The van der Waals surface area contributed by atoms with Crippen molar-refractivity contribution >= 4 is 5.91 Å². The summed E-state index contributed by atoms with van der Waals surface area (Å²) in [5, 5.41) is 0. The van der Waals surface area contributed by atoms with Crippen LogP contribution in [0.2, 0.25) is 0 Å². The molecule has 0 fully saturated rings. The number of hydrogen-bond donors (Lipinski definition) is 1. The van der Waals surface area contributed by atoms with Gasteiger partial charge >= 0.3 is 0 Å². The van der Waals surface area contributed by atoms with E-state index >= 15 is 0 Å². The van der Waals surface area contributed by atoms with Gasteiger partial charge in [0.1, 0.15) is 0 Å². The number of carbonyl (C=O) groups excluding carboxylic acids is 1. The van der Waals surface area contributed by atoms with Gasteiger partial charge in [-0.2, -0.15) is 0 Å². The molecule has 2 aromatic rings. The zero-order valence-corrected chi connectivity index (χ0v) is 11.1. The summed E-state index contributed by atoms with van der Waals surface area (Å²) >= 11 is 0. The quantitative estimate of drug-likeness (QED) is 0.913. The van der Waals surface area contributed by atoms with Gasteiger partial charge in [-0.25, -0.2) is 0 Å². The maximum Gasteiger partial charge on any atom is 0.254 e. The third-order valence-electron chi connectivity index (χ3n) is 3.40. The van der Waals surface area contributed by atoms with Crippen LogP contribution in [-0.2, 0) is 15.1 Å². The molecule has 0 bridgehead atoms. The van der Waals surface area contributed by atoms with Gasteiger partial charge in [-0.1, -0.05) is 48.5 Å². The van der Waals surface area contributed by atoms with E-state index in [1.165, 1.54) is 7.11 Å². The van der Waals surface area contributed by atoms with Gasteiger partial charge in [0.05, 0.1) is 0 Å². The van der Waals surface area contributed by atoms with E-state index in [-0.39, 0.29) is 0 Å². The van der Waals surface area contributed by atoms with E-state index in [1.54, 1.807) is 6.92 Å². The minimum atomic E-state index is -1.11. The average Bonchev–Trinajstić information content (AvgIpc) is 2.47. The van der Waals surface area contributed by atoms with E-state index in [0.717, 1.165) is 16.7 Å². The standard InChI is InChI=1S/C16H17NO2/c1-16(19-2,15(17)18)14-10-6-9-13(11-14)12-7-4-3-5-8-12/h3-11H,1-2H3,(H2,17,18). The van der Waals surface area contributed by atoms with Crippen LogP contribution in [0.5, 0.6) is 0 Å². The Kier molecular flexibility index (Phi) is 3.67. The molecular weight excluding hydrogens is 238 g/mol. The Morgan fingerprint density at radius 1 is 1.05 bits per heavy atom. The molecule has 3 nitrogen and oxygen atoms in total. The Hall–Kier alpha value is -2.13. The van der Waals surface area contributed by atoms with Gasteiger partial charge in [0.15, 0.2) is 5.60 Å². The molecule has 0 aromatic heterocycles. The number of benzene rings is 2. The number of nitrogens with two attached hydrogens (primary N) is 1. The largest absolute Gasteiger partial charge is 0.367 e. The molecule has 3 heteroatoms. The molecule has 0 saturated heterocycles. The highest BCUT2D eigenvalue weighted by atomic mass is 16.5. The first-order valence-electron chi connectivity index (χ1n) is 6.09. The molecule has 0 aliphatic carbocycles. The molecule has 2 rings (SSSR count). The number of ether oxygens (including phenoxy) is 1. The van der Waals surface area contributed by atoms with Crippen molar-refractivity contribution < 1.29 is 9.53 Å². The normalized spacial score (nSPS) is 13.8. The summed E-state index contributed by atoms with van der Waals surface area (Å²) in [4.78, 5) is 11.6. The van der Waals surface area contributed by atoms with E-state index in [1.807, 2.05) is 54.6 Å². The topological polar surface area (TPSA) is 52.3 Å². The Bertz CT molecular complexity index is 580. The number of primary amides is 1. The first-order chi connectivity index (χ1) is 9.08. The van der Waals surface area contributed by atoms with Crippen LogP contribution in [0.3, 0.4) is 0 Å². The Morgan fingerprint density at radius 3 is 2.26 bits per heavy atom. The highest BCUT2D eigenvalue weighted by Crippen LogP contribution is 2.28. The van der Waals surface area contributed by atoms with Gasteiger partial charge in [-0.15, -0.1) is 0 Å². The van der Waals surface area contributed by atoms with E-state index in [4.69, 9.17) is 10.5 Å². The van der Waals surface area contributed by atoms with Crippen molar-refractivity contribution in [2.75, 3.05) is 7.11 Å². The number of rotatable bonds is 4. The summed E-state index contributed by atoms with van der Waals surface area (Å²) in [5.74, 6) is -0.500. The lowest BCUT2D eigenvalue weighted by Crippen LogP contribution is -2.40. The molecule has 19 heavy (non-hydrogen) atoms. The van der Waals surface area contributed by atoms with Crippen LogP contribution in [0.4, 0.5) is 0 Å². The van der Waals surface area contributed by atoms with Gasteiger partial charge in [-0.3, -0.25) is 4.79 Å². The summed E-state index contributed by atoms with van der Waals surface area (Å²) in [5.41, 5.74) is 7.21. The van der Waals surface area contributed by atoms with E-state index in [2.05, 4.69) is 0 Å². The van der Waals surface area contributed by atoms with Crippen LogP contribution in [0.25, 0.3) is 11.1 Å². The smallest absolute Gasteiger partial charge is 0.254 e. The summed E-state index contributed by atoms with van der Waals surface area (Å²) in [7, 11) is 1.49. The fraction of sp³-hybridized carbons (Fsp3) is 0.188. The van der Waals surface area contributed by atoms with Crippen molar-refractivity contribution in [3.05, 3.63) is 60.2 Å². The first-order valence-corrected chi connectivity index (χ1v) is 6.09. The zero-order chi connectivity index (χ0) is 13.9. The van der Waals surface area contributed by atoms with Gasteiger partial charge in [0, 0.05) is 7.11 Å². The highest BCUT2D eigenvalue weighted by molar-refractivity contribution is 5.85. The predicted molar refractivity (Wildman–Crippen MR) is 75.4 cm³/mol. The van der Waals surface area contributed by atoms with Gasteiger partial charge < -0.3 is 10.5 Å². The van der Waals surface area contributed by atoms with E-state index < -0.39 is 11.5 Å². The molecule has 1 amide bonds. The van der Waals surface area contributed by atoms with Crippen LogP contribution < -0.4 is 5.73 Å². The molecule has 0 saturated carbocycles. The molecule has 2 N–H and O–H groups in total. The lowest BCUT2D eigenvalue weighted by atomic mass is 9.92. The average molecular weight is 255 g/mol. The van der Waals surface area contributed by atoms with E-state index in [9.17, 15) is 4.79 Å². The second kappa shape index (κ2) is 5.24. The summed E-state index contributed by atoms with van der Waals surface area (Å²) < 4.78 is 5.30. The van der Waals surface area contributed by atoms with Crippen LogP contribution in [0.1, 0.15) is 12.5 Å². The molecule has 0 aliphatic heterocycles. The maximum atomic E-state index is 11.6. The Morgan fingerprint density at radius 2 is 1.68 bits per heavy atom. The minimum absolute atomic E-state index is 0.500. The number of carbonyl (C=O) groups is 1. The first kappa shape index (κ1) is 13.3. The molecule has 1 unspecified atom stereocenters. The third kappa shape index (κ3) is 2.51. The maximum absolute atomic E-state index is 11.6. The van der Waals surface area contributed by atoms with Gasteiger partial charge in [0.25, 0.3) is 5.91 Å². The predicted octanol–water partition coefficient (Wildman–Crippen LogP) is 2.70. The molecule has 98 valence electrons. The monoisotopic (exact) mass is 255 g/mol. The number of hydrogen-bond acceptors (Lipinski definition) is 2. The van der Waals surface area contributed by atoms with Crippen molar-refractivity contribution in [2.45, 2.75) is 12.5 Å². The highest BCUT2D eigenvalue weighted by Gasteiger charge is 2.33. The number of methoxy groups -OCH3 is 1. The molecule has 0 spiro atoms. The van der Waals surface area contributed by atoms with Crippen molar-refractivity contribution in [2.24, 2.45) is 5.73 Å². The van der Waals surface area contributed by atoms with Crippen LogP contribution in [0.15, 0.2) is 54.6 Å². The van der Waals surface area contributed by atoms with Gasteiger partial charge in [-0.05, 0) is 29.7 Å². The van der Waals surface area contributed by atoms with Gasteiger partial charge in [0.2, 0.25) is 0 Å². The lowest BCUT2D eigenvalue weighted by Gasteiger charge is -2.25. The van der Waals surface area contributed by atoms with Crippen molar-refractivity contribution in [1.82, 2.24) is 0 Å².